The molecule has 2 aliphatic rings. The molecule has 6 heteroatoms. The molecule has 2 N–H and O–H groups in total. The second-order valence-corrected chi connectivity index (χ2v) is 8.36. The number of carbonyl (C=O) groups is 2. The first-order valence-electron chi connectivity index (χ1n) is 11.3. The van der Waals surface area contributed by atoms with Gasteiger partial charge >= 0.3 is 0 Å². The largest absolute Gasteiger partial charge is 0.492 e. The van der Waals surface area contributed by atoms with E-state index in [1.54, 1.807) is 12.1 Å². The molecule has 2 aliphatic heterocycles. The molecule has 2 aromatic carbocycles. The fraction of sp³-hybridized carbons (Fsp3) is 0.440. The van der Waals surface area contributed by atoms with Crippen LogP contribution < -0.4 is 15.4 Å². The average Bonchev–Trinajstić information content (AvgIpc) is 2.81. The zero-order chi connectivity index (χ0) is 21.5. The number of anilines is 1. The lowest BCUT2D eigenvalue weighted by atomic mass is 9.90. The number of hydrogen-bond donors (Lipinski definition) is 2. The number of likely N-dealkylation sites (tertiary alicyclic amines) is 1. The van der Waals surface area contributed by atoms with Crippen molar-refractivity contribution in [3.63, 3.8) is 0 Å². The summed E-state index contributed by atoms with van der Waals surface area (Å²) in [6.45, 7) is 4.54. The number of para-hydroxylation sites is 1. The lowest BCUT2D eigenvalue weighted by Crippen LogP contribution is -2.34. The van der Waals surface area contributed by atoms with E-state index in [9.17, 15) is 9.59 Å². The Balaban J connectivity index is 1.32. The second kappa shape index (κ2) is 10.4. The van der Waals surface area contributed by atoms with Gasteiger partial charge in [0, 0.05) is 36.7 Å². The van der Waals surface area contributed by atoms with Gasteiger partial charge in [0.1, 0.15) is 12.4 Å². The van der Waals surface area contributed by atoms with E-state index in [4.69, 9.17) is 4.74 Å². The van der Waals surface area contributed by atoms with Crippen LogP contribution in [0.4, 0.5) is 5.69 Å². The molecule has 2 heterocycles. The number of rotatable bonds is 7. The molecule has 0 aliphatic carbocycles. The Hall–Kier alpha value is -2.86. The molecular formula is C25H31N3O3. The molecule has 0 spiro atoms. The number of amides is 2. The monoisotopic (exact) mass is 421 g/mol. The highest BCUT2D eigenvalue weighted by Crippen LogP contribution is 2.30. The zero-order valence-corrected chi connectivity index (χ0v) is 17.9. The number of ether oxygens (including phenoxy) is 1. The topological polar surface area (TPSA) is 70.7 Å². The third-order valence-corrected chi connectivity index (χ3v) is 6.16. The first-order valence-corrected chi connectivity index (χ1v) is 11.3. The number of carbonyl (C=O) groups excluding carboxylic acids is 2. The fourth-order valence-electron chi connectivity index (χ4n) is 4.34. The Kier molecular flexibility index (Phi) is 7.20. The van der Waals surface area contributed by atoms with Crippen LogP contribution in [0.2, 0.25) is 0 Å². The molecule has 1 unspecified atom stereocenters. The lowest BCUT2D eigenvalue weighted by molar-refractivity contribution is -0.122. The standard InChI is InChI=1S/C25H31N3O3/c29-24-13-10-20(18-26-24)22-6-2-3-7-23(22)27-25(30)19-8-11-21(12-9-19)31-17-16-28-14-4-1-5-15-28/h2-3,6-9,11-12,20H,1,4-5,10,13-18H2,(H,26,29)(H,27,30). The molecular weight excluding hydrogens is 390 g/mol. The number of piperidine rings is 2. The Morgan fingerprint density at radius 1 is 1.06 bits per heavy atom. The molecule has 31 heavy (non-hydrogen) atoms. The Morgan fingerprint density at radius 2 is 1.84 bits per heavy atom. The van der Waals surface area contributed by atoms with Crippen LogP contribution in [-0.4, -0.2) is 49.5 Å². The SMILES string of the molecule is O=C1CCC(c2ccccc2NC(=O)c2ccc(OCCN3CCCCC3)cc2)CN1. The van der Waals surface area contributed by atoms with Crippen LogP contribution in [0.1, 0.15) is 53.9 Å². The van der Waals surface area contributed by atoms with Gasteiger partial charge in [-0.15, -0.1) is 0 Å². The molecule has 6 nitrogen and oxygen atoms in total. The van der Waals surface area contributed by atoms with Crippen molar-refractivity contribution in [1.82, 2.24) is 10.2 Å². The van der Waals surface area contributed by atoms with E-state index in [-0.39, 0.29) is 17.7 Å². The maximum absolute atomic E-state index is 12.8. The summed E-state index contributed by atoms with van der Waals surface area (Å²) in [4.78, 5) is 26.7. The Bertz CT molecular complexity index is 881. The van der Waals surface area contributed by atoms with Crippen molar-refractivity contribution >= 4 is 17.5 Å². The van der Waals surface area contributed by atoms with E-state index in [1.165, 1.54) is 19.3 Å². The van der Waals surface area contributed by atoms with Crippen LogP contribution in [0.25, 0.3) is 0 Å². The molecule has 0 saturated carbocycles. The predicted octanol–water partition coefficient (Wildman–Crippen LogP) is 3.80. The molecule has 2 aromatic rings. The van der Waals surface area contributed by atoms with Crippen molar-refractivity contribution in [1.29, 1.82) is 0 Å². The van der Waals surface area contributed by atoms with Crippen molar-refractivity contribution in [3.05, 3.63) is 59.7 Å². The molecule has 0 radical (unpaired) electrons. The molecule has 0 aromatic heterocycles. The lowest BCUT2D eigenvalue weighted by Gasteiger charge is -2.26. The Labute approximate surface area is 184 Å². The quantitative estimate of drug-likeness (QED) is 0.714. The molecule has 1 atom stereocenters. The van der Waals surface area contributed by atoms with Crippen molar-refractivity contribution in [3.8, 4) is 5.75 Å². The molecule has 2 saturated heterocycles. The van der Waals surface area contributed by atoms with Gasteiger partial charge in [-0.1, -0.05) is 24.6 Å². The third kappa shape index (κ3) is 5.85. The number of nitrogens with one attached hydrogen (secondary N) is 2. The minimum Gasteiger partial charge on any atom is -0.492 e. The van der Waals surface area contributed by atoms with Crippen LogP contribution in [0.15, 0.2) is 48.5 Å². The summed E-state index contributed by atoms with van der Waals surface area (Å²) in [5, 5.41) is 5.96. The Morgan fingerprint density at radius 3 is 2.58 bits per heavy atom. The van der Waals surface area contributed by atoms with E-state index in [0.717, 1.165) is 43.1 Å². The van der Waals surface area contributed by atoms with Gasteiger partial charge in [0.25, 0.3) is 5.91 Å². The van der Waals surface area contributed by atoms with Gasteiger partial charge in [0.15, 0.2) is 0 Å². The van der Waals surface area contributed by atoms with Crippen LogP contribution >= 0.6 is 0 Å². The minimum absolute atomic E-state index is 0.0935. The minimum atomic E-state index is -0.146. The van der Waals surface area contributed by atoms with E-state index < -0.39 is 0 Å². The van der Waals surface area contributed by atoms with Crippen molar-refractivity contribution in [2.45, 2.75) is 38.0 Å². The van der Waals surface area contributed by atoms with E-state index in [2.05, 4.69) is 15.5 Å². The summed E-state index contributed by atoms with van der Waals surface area (Å²) >= 11 is 0. The van der Waals surface area contributed by atoms with Gasteiger partial charge in [0.05, 0.1) is 0 Å². The normalized spacial score (nSPS) is 19.5. The van der Waals surface area contributed by atoms with E-state index >= 15 is 0 Å². The van der Waals surface area contributed by atoms with Crippen LogP contribution in [0.3, 0.4) is 0 Å². The molecule has 4 rings (SSSR count). The van der Waals surface area contributed by atoms with Gasteiger partial charge in [-0.2, -0.15) is 0 Å². The van der Waals surface area contributed by atoms with Crippen molar-refractivity contribution in [2.24, 2.45) is 0 Å². The fourth-order valence-corrected chi connectivity index (χ4v) is 4.34. The first kappa shape index (κ1) is 21.4. The summed E-state index contributed by atoms with van der Waals surface area (Å²) in [6.07, 6.45) is 5.21. The van der Waals surface area contributed by atoms with Gasteiger partial charge < -0.3 is 15.4 Å². The highest BCUT2D eigenvalue weighted by atomic mass is 16.5. The first-order chi connectivity index (χ1) is 15.2. The number of nitrogens with zero attached hydrogens (tertiary/aromatic N) is 1. The van der Waals surface area contributed by atoms with Gasteiger partial charge in [-0.05, 0) is 68.2 Å². The smallest absolute Gasteiger partial charge is 0.255 e. The number of benzene rings is 2. The molecule has 2 fully saturated rings. The summed E-state index contributed by atoms with van der Waals surface area (Å²) in [5.74, 6) is 0.944. The zero-order valence-electron chi connectivity index (χ0n) is 17.9. The predicted molar refractivity (Wildman–Crippen MR) is 122 cm³/mol. The second-order valence-electron chi connectivity index (χ2n) is 8.36. The van der Waals surface area contributed by atoms with Crippen molar-refractivity contribution < 1.29 is 14.3 Å². The number of hydrogen-bond acceptors (Lipinski definition) is 4. The molecule has 164 valence electrons. The van der Waals surface area contributed by atoms with Gasteiger partial charge in [0.2, 0.25) is 5.91 Å². The third-order valence-electron chi connectivity index (χ3n) is 6.16. The van der Waals surface area contributed by atoms with Crippen LogP contribution in [0, 0.1) is 0 Å². The summed E-state index contributed by atoms with van der Waals surface area (Å²) in [6, 6.07) is 15.1. The summed E-state index contributed by atoms with van der Waals surface area (Å²) < 4.78 is 5.86. The van der Waals surface area contributed by atoms with Crippen molar-refractivity contribution in [2.75, 3.05) is 38.1 Å². The molecule has 0 bridgehead atoms. The highest BCUT2D eigenvalue weighted by Gasteiger charge is 2.22. The maximum Gasteiger partial charge on any atom is 0.255 e. The van der Waals surface area contributed by atoms with E-state index in [0.29, 0.717) is 25.1 Å². The van der Waals surface area contributed by atoms with Crippen LogP contribution in [-0.2, 0) is 4.79 Å². The summed E-state index contributed by atoms with van der Waals surface area (Å²) in [5.41, 5.74) is 2.46. The van der Waals surface area contributed by atoms with E-state index in [1.807, 2.05) is 36.4 Å². The maximum atomic E-state index is 12.8. The van der Waals surface area contributed by atoms with Gasteiger partial charge in [-0.3, -0.25) is 14.5 Å². The highest BCUT2D eigenvalue weighted by molar-refractivity contribution is 6.04. The average molecular weight is 422 g/mol. The molecule has 2 amide bonds. The van der Waals surface area contributed by atoms with Gasteiger partial charge in [-0.25, -0.2) is 0 Å². The van der Waals surface area contributed by atoms with Crippen LogP contribution in [0.5, 0.6) is 5.75 Å². The summed E-state index contributed by atoms with van der Waals surface area (Å²) in [7, 11) is 0.